The van der Waals surface area contributed by atoms with E-state index < -0.39 is 11.5 Å². The van der Waals surface area contributed by atoms with Gasteiger partial charge in [-0.3, -0.25) is 4.79 Å². The molecule has 6 nitrogen and oxygen atoms in total. The highest BCUT2D eigenvalue weighted by atomic mass is 35.5. The lowest BCUT2D eigenvalue weighted by molar-refractivity contribution is -0.0252. The molecule has 0 aromatic carbocycles. The molecule has 2 unspecified atom stereocenters. The van der Waals surface area contributed by atoms with Gasteiger partial charge < -0.3 is 15.2 Å². The molecule has 2 rings (SSSR count). The van der Waals surface area contributed by atoms with Crippen molar-refractivity contribution in [2.45, 2.75) is 25.0 Å². The summed E-state index contributed by atoms with van der Waals surface area (Å²) < 4.78 is 5.28. The molecule has 1 aromatic heterocycles. The smallest absolute Gasteiger partial charge is 0.271 e. The minimum atomic E-state index is -1.02. The van der Waals surface area contributed by atoms with Crippen molar-refractivity contribution in [3.63, 3.8) is 0 Å². The first-order valence-electron chi connectivity index (χ1n) is 5.63. The maximum Gasteiger partial charge on any atom is 0.271 e. The van der Waals surface area contributed by atoms with Crippen molar-refractivity contribution in [1.82, 2.24) is 15.5 Å². The minimum Gasteiger partial charge on any atom is -0.385 e. The molecule has 2 heterocycles. The van der Waals surface area contributed by atoms with Crippen LogP contribution in [0.1, 0.15) is 23.8 Å². The Bertz CT molecular complexity index is 440. The topological polar surface area (TPSA) is 84.3 Å². The van der Waals surface area contributed by atoms with Crippen molar-refractivity contribution in [1.29, 1.82) is 0 Å². The van der Waals surface area contributed by atoms with E-state index in [2.05, 4.69) is 15.5 Å². The second kappa shape index (κ2) is 5.17. The Morgan fingerprint density at radius 1 is 1.67 bits per heavy atom. The molecule has 0 saturated carbocycles. The Kier molecular flexibility index (Phi) is 3.79. The number of aromatic nitrogens is 2. The quantitative estimate of drug-likeness (QED) is 0.831. The van der Waals surface area contributed by atoms with Gasteiger partial charge in [0.05, 0.1) is 6.10 Å². The molecular formula is C11H14ClN3O3. The van der Waals surface area contributed by atoms with Gasteiger partial charge in [0.15, 0.2) is 10.8 Å². The average molecular weight is 272 g/mol. The summed E-state index contributed by atoms with van der Waals surface area (Å²) in [5.41, 5.74) is -0.857. The maximum atomic E-state index is 11.8. The molecule has 2 atom stereocenters. The van der Waals surface area contributed by atoms with Gasteiger partial charge in [0.25, 0.3) is 5.91 Å². The molecule has 0 aliphatic carbocycles. The zero-order chi connectivity index (χ0) is 13.2. The minimum absolute atomic E-state index is 0.122. The molecule has 98 valence electrons. The molecule has 1 saturated heterocycles. The van der Waals surface area contributed by atoms with E-state index in [1.165, 1.54) is 12.1 Å². The SMILES string of the molecule is CC1OCCC1(O)CNC(=O)c1ccc(Cl)nn1. The van der Waals surface area contributed by atoms with Crippen molar-refractivity contribution in [3.05, 3.63) is 23.0 Å². The number of nitrogens with zero attached hydrogens (tertiary/aromatic N) is 2. The molecule has 1 fully saturated rings. The molecule has 7 heteroatoms. The van der Waals surface area contributed by atoms with Gasteiger partial charge in [-0.2, -0.15) is 0 Å². The zero-order valence-corrected chi connectivity index (χ0v) is 10.6. The van der Waals surface area contributed by atoms with E-state index >= 15 is 0 Å². The Morgan fingerprint density at radius 3 is 3.00 bits per heavy atom. The number of halogens is 1. The van der Waals surface area contributed by atoms with Gasteiger partial charge >= 0.3 is 0 Å². The largest absolute Gasteiger partial charge is 0.385 e. The molecule has 1 aromatic rings. The van der Waals surface area contributed by atoms with Crippen LogP contribution in [0.15, 0.2) is 12.1 Å². The van der Waals surface area contributed by atoms with Gasteiger partial charge in [0, 0.05) is 19.6 Å². The Labute approximate surface area is 109 Å². The third-order valence-corrected chi connectivity index (χ3v) is 3.28. The van der Waals surface area contributed by atoms with Crippen LogP contribution < -0.4 is 5.32 Å². The van der Waals surface area contributed by atoms with E-state index in [0.29, 0.717) is 13.0 Å². The predicted octanol–water partition coefficient (Wildman–Crippen LogP) is 0.400. The zero-order valence-electron chi connectivity index (χ0n) is 9.89. The van der Waals surface area contributed by atoms with E-state index in [0.717, 1.165) is 0 Å². The fraction of sp³-hybridized carbons (Fsp3) is 0.545. The number of hydrogen-bond donors (Lipinski definition) is 2. The maximum absolute atomic E-state index is 11.8. The van der Waals surface area contributed by atoms with Crippen LogP contribution in [0.25, 0.3) is 0 Å². The molecule has 1 aliphatic rings. The Morgan fingerprint density at radius 2 is 2.44 bits per heavy atom. The number of carbonyl (C=O) groups excluding carboxylic acids is 1. The van der Waals surface area contributed by atoms with Crippen molar-refractivity contribution in [2.24, 2.45) is 0 Å². The lowest BCUT2D eigenvalue weighted by Gasteiger charge is -2.25. The highest BCUT2D eigenvalue weighted by molar-refractivity contribution is 6.29. The van der Waals surface area contributed by atoms with Crippen LogP contribution in [0.2, 0.25) is 5.15 Å². The van der Waals surface area contributed by atoms with Crippen LogP contribution in [-0.2, 0) is 4.74 Å². The summed E-state index contributed by atoms with van der Waals surface area (Å²) in [6.45, 7) is 2.40. The van der Waals surface area contributed by atoms with Crippen molar-refractivity contribution >= 4 is 17.5 Å². The lowest BCUT2D eigenvalue weighted by atomic mass is 9.97. The lowest BCUT2D eigenvalue weighted by Crippen LogP contribution is -2.47. The summed E-state index contributed by atoms with van der Waals surface area (Å²) in [4.78, 5) is 11.8. The summed E-state index contributed by atoms with van der Waals surface area (Å²) in [6.07, 6.45) is 0.204. The summed E-state index contributed by atoms with van der Waals surface area (Å²) in [7, 11) is 0. The molecule has 0 bridgehead atoms. The van der Waals surface area contributed by atoms with Gasteiger partial charge in [-0.25, -0.2) is 0 Å². The highest BCUT2D eigenvalue weighted by Gasteiger charge is 2.39. The molecule has 1 amide bonds. The summed E-state index contributed by atoms with van der Waals surface area (Å²) in [5, 5.41) is 20.3. The van der Waals surface area contributed by atoms with Gasteiger partial charge in [0.2, 0.25) is 0 Å². The second-order valence-electron chi connectivity index (χ2n) is 4.29. The predicted molar refractivity (Wildman–Crippen MR) is 64.4 cm³/mol. The third-order valence-electron chi connectivity index (χ3n) is 3.08. The number of rotatable bonds is 3. The van der Waals surface area contributed by atoms with E-state index in [-0.39, 0.29) is 23.5 Å². The van der Waals surface area contributed by atoms with Gasteiger partial charge in [0.1, 0.15) is 5.60 Å². The van der Waals surface area contributed by atoms with E-state index in [1.807, 2.05) is 0 Å². The van der Waals surface area contributed by atoms with E-state index in [9.17, 15) is 9.90 Å². The number of ether oxygens (including phenoxy) is 1. The Balaban J connectivity index is 1.94. The normalized spacial score (nSPS) is 27.2. The van der Waals surface area contributed by atoms with Crippen LogP contribution in [0.4, 0.5) is 0 Å². The van der Waals surface area contributed by atoms with E-state index in [1.54, 1.807) is 6.92 Å². The fourth-order valence-electron chi connectivity index (χ4n) is 1.76. The van der Waals surface area contributed by atoms with Gasteiger partial charge in [-0.1, -0.05) is 11.6 Å². The molecular weight excluding hydrogens is 258 g/mol. The van der Waals surface area contributed by atoms with Crippen molar-refractivity contribution in [2.75, 3.05) is 13.2 Å². The monoisotopic (exact) mass is 271 g/mol. The van der Waals surface area contributed by atoms with E-state index in [4.69, 9.17) is 16.3 Å². The molecule has 2 N–H and O–H groups in total. The van der Waals surface area contributed by atoms with Gasteiger partial charge in [-0.15, -0.1) is 10.2 Å². The molecule has 1 aliphatic heterocycles. The third kappa shape index (κ3) is 2.77. The Hall–Kier alpha value is -1.24. The summed E-state index contributed by atoms with van der Waals surface area (Å²) in [5.74, 6) is -0.397. The summed E-state index contributed by atoms with van der Waals surface area (Å²) in [6, 6.07) is 2.96. The molecule has 0 spiro atoms. The first-order valence-corrected chi connectivity index (χ1v) is 6.00. The fourth-order valence-corrected chi connectivity index (χ4v) is 1.86. The van der Waals surface area contributed by atoms with Crippen LogP contribution >= 0.6 is 11.6 Å². The van der Waals surface area contributed by atoms with Crippen LogP contribution in [0.3, 0.4) is 0 Å². The van der Waals surface area contributed by atoms with Crippen LogP contribution in [-0.4, -0.2) is 46.1 Å². The van der Waals surface area contributed by atoms with Crippen molar-refractivity contribution < 1.29 is 14.6 Å². The number of amides is 1. The van der Waals surface area contributed by atoms with Crippen molar-refractivity contribution in [3.8, 4) is 0 Å². The summed E-state index contributed by atoms with van der Waals surface area (Å²) >= 11 is 5.58. The van der Waals surface area contributed by atoms with Crippen LogP contribution in [0.5, 0.6) is 0 Å². The molecule has 0 radical (unpaired) electrons. The first kappa shape index (κ1) is 13.2. The number of aliphatic hydroxyl groups is 1. The second-order valence-corrected chi connectivity index (χ2v) is 4.68. The number of hydrogen-bond acceptors (Lipinski definition) is 5. The highest BCUT2D eigenvalue weighted by Crippen LogP contribution is 2.24. The first-order chi connectivity index (χ1) is 8.51. The number of nitrogens with one attached hydrogen (secondary N) is 1. The van der Waals surface area contributed by atoms with Crippen LogP contribution in [0, 0.1) is 0 Å². The van der Waals surface area contributed by atoms with Gasteiger partial charge in [-0.05, 0) is 19.1 Å². The molecule has 18 heavy (non-hydrogen) atoms. The average Bonchev–Trinajstić information content (AvgIpc) is 2.68. The standard InChI is InChI=1S/C11H14ClN3O3/c1-7-11(17,4-5-18-7)6-13-10(16)8-2-3-9(12)15-14-8/h2-3,7,17H,4-6H2,1H3,(H,13,16). The number of carbonyl (C=O) groups is 1.